The minimum atomic E-state index is -0.918. The van der Waals surface area contributed by atoms with Crippen molar-refractivity contribution in [1.82, 2.24) is 5.43 Å². The Hall–Kier alpha value is -4.04. The number of benzene rings is 3. The molecule has 0 aliphatic rings. The first-order chi connectivity index (χ1) is 16.5. The normalized spacial score (nSPS) is 10.6. The zero-order valence-corrected chi connectivity index (χ0v) is 19.5. The molecule has 0 spiro atoms. The number of hydrazone groups is 1. The number of hydrogen-bond acceptors (Lipinski definition) is 6. The van der Waals surface area contributed by atoms with Gasteiger partial charge in [-0.2, -0.15) is 5.10 Å². The van der Waals surface area contributed by atoms with Crippen LogP contribution in [0.4, 0.5) is 5.69 Å². The summed E-state index contributed by atoms with van der Waals surface area (Å²) in [5, 5.41) is 6.89. The topological polar surface area (TPSA) is 98.2 Å². The highest BCUT2D eigenvalue weighted by molar-refractivity contribution is 6.39. The van der Waals surface area contributed by atoms with E-state index in [4.69, 9.17) is 25.8 Å². The molecule has 0 heterocycles. The van der Waals surface area contributed by atoms with E-state index in [1.165, 1.54) is 6.21 Å². The van der Waals surface area contributed by atoms with Crippen LogP contribution in [0, 0.1) is 0 Å². The van der Waals surface area contributed by atoms with Gasteiger partial charge in [-0.3, -0.25) is 9.59 Å². The third-order valence-corrected chi connectivity index (χ3v) is 4.86. The van der Waals surface area contributed by atoms with Crippen LogP contribution >= 0.6 is 11.6 Å². The van der Waals surface area contributed by atoms with E-state index in [1.807, 2.05) is 19.1 Å². The fourth-order valence-electron chi connectivity index (χ4n) is 2.96. The number of hydrogen-bond donors (Lipinski definition) is 2. The minimum absolute atomic E-state index is 0.211. The summed E-state index contributed by atoms with van der Waals surface area (Å²) in [7, 11) is 1.56. The maximum atomic E-state index is 12.2. The number of rotatable bonds is 9. The third kappa shape index (κ3) is 6.73. The molecule has 3 aromatic carbocycles. The summed E-state index contributed by atoms with van der Waals surface area (Å²) in [6.45, 7) is 2.47. The summed E-state index contributed by atoms with van der Waals surface area (Å²) in [6, 6.07) is 19.3. The van der Waals surface area contributed by atoms with Crippen LogP contribution < -0.4 is 25.0 Å². The number of carbonyl (C=O) groups is 2. The molecule has 2 amide bonds. The Kier molecular flexibility index (Phi) is 8.88. The molecule has 0 aliphatic heterocycles. The zero-order valence-electron chi connectivity index (χ0n) is 18.7. The Morgan fingerprint density at radius 3 is 2.41 bits per heavy atom. The molecule has 0 unspecified atom stereocenters. The molecule has 0 atom stereocenters. The van der Waals surface area contributed by atoms with Crippen molar-refractivity contribution in [2.75, 3.05) is 19.0 Å². The van der Waals surface area contributed by atoms with Gasteiger partial charge >= 0.3 is 11.8 Å². The van der Waals surface area contributed by atoms with Crippen molar-refractivity contribution in [1.29, 1.82) is 0 Å². The highest BCUT2D eigenvalue weighted by atomic mass is 35.5. The van der Waals surface area contributed by atoms with Gasteiger partial charge in [-0.15, -0.1) is 0 Å². The third-order valence-electron chi connectivity index (χ3n) is 4.55. The maximum absolute atomic E-state index is 12.2. The molecule has 0 aromatic heterocycles. The van der Waals surface area contributed by atoms with Gasteiger partial charge in [0.2, 0.25) is 0 Å². The fourth-order valence-corrected chi connectivity index (χ4v) is 3.15. The molecule has 3 aromatic rings. The van der Waals surface area contributed by atoms with Gasteiger partial charge in [0, 0.05) is 5.56 Å². The number of carbonyl (C=O) groups excluding carboxylic acids is 2. The first kappa shape index (κ1) is 24.6. The number of nitrogens with zero attached hydrogens (tertiary/aromatic N) is 1. The molecule has 176 valence electrons. The molecule has 34 heavy (non-hydrogen) atoms. The molecule has 9 heteroatoms. The van der Waals surface area contributed by atoms with Crippen LogP contribution in [0.2, 0.25) is 5.02 Å². The summed E-state index contributed by atoms with van der Waals surface area (Å²) >= 11 is 6.14. The number of anilines is 1. The second kappa shape index (κ2) is 12.3. The van der Waals surface area contributed by atoms with E-state index in [0.717, 1.165) is 5.56 Å². The lowest BCUT2D eigenvalue weighted by molar-refractivity contribution is -0.136. The van der Waals surface area contributed by atoms with Crippen molar-refractivity contribution in [3.8, 4) is 17.2 Å². The second-order valence-corrected chi connectivity index (χ2v) is 7.28. The quantitative estimate of drug-likeness (QED) is 0.268. The molecule has 0 bridgehead atoms. The predicted molar refractivity (Wildman–Crippen MR) is 131 cm³/mol. The SMILES string of the molecule is CCOc1ccccc1NC(=O)C(=O)N/N=C/c1ccc(OC)c(COc2ccccc2Cl)c1. The van der Waals surface area contributed by atoms with Crippen LogP contribution in [0.15, 0.2) is 71.8 Å². The van der Waals surface area contributed by atoms with E-state index in [0.29, 0.717) is 40.1 Å². The first-order valence-electron chi connectivity index (χ1n) is 10.4. The molecular formula is C25H24ClN3O5. The molecule has 8 nitrogen and oxygen atoms in total. The highest BCUT2D eigenvalue weighted by Gasteiger charge is 2.15. The van der Waals surface area contributed by atoms with Gasteiger partial charge in [0.15, 0.2) is 0 Å². The first-order valence-corrected chi connectivity index (χ1v) is 10.8. The van der Waals surface area contributed by atoms with Crippen molar-refractivity contribution in [2.45, 2.75) is 13.5 Å². The number of halogens is 1. The molecule has 2 N–H and O–H groups in total. The number of methoxy groups -OCH3 is 1. The number of para-hydroxylation sites is 3. The monoisotopic (exact) mass is 481 g/mol. The van der Waals surface area contributed by atoms with Crippen LogP contribution in [-0.2, 0) is 16.2 Å². The van der Waals surface area contributed by atoms with E-state index in [1.54, 1.807) is 61.7 Å². The van der Waals surface area contributed by atoms with Crippen LogP contribution in [0.1, 0.15) is 18.1 Å². The Morgan fingerprint density at radius 2 is 1.68 bits per heavy atom. The Balaban J connectivity index is 1.61. The van der Waals surface area contributed by atoms with Crippen LogP contribution in [0.25, 0.3) is 0 Å². The van der Waals surface area contributed by atoms with Crippen molar-refractivity contribution >= 4 is 35.3 Å². The Bertz CT molecular complexity index is 1180. The van der Waals surface area contributed by atoms with Gasteiger partial charge in [0.1, 0.15) is 23.9 Å². The average molecular weight is 482 g/mol. The van der Waals surface area contributed by atoms with Gasteiger partial charge in [-0.25, -0.2) is 5.43 Å². The molecule has 0 saturated carbocycles. The van der Waals surface area contributed by atoms with Gasteiger partial charge in [-0.05, 0) is 55.0 Å². The lowest BCUT2D eigenvalue weighted by atomic mass is 10.1. The van der Waals surface area contributed by atoms with Gasteiger partial charge in [0.05, 0.1) is 30.6 Å². The second-order valence-electron chi connectivity index (χ2n) is 6.87. The summed E-state index contributed by atoms with van der Waals surface area (Å²) in [5.74, 6) is -0.138. The molecular weight excluding hydrogens is 458 g/mol. The summed E-state index contributed by atoms with van der Waals surface area (Å²) in [5.41, 5.74) is 4.03. The summed E-state index contributed by atoms with van der Waals surface area (Å²) in [6.07, 6.45) is 1.41. The summed E-state index contributed by atoms with van der Waals surface area (Å²) < 4.78 is 16.6. The van der Waals surface area contributed by atoms with Gasteiger partial charge < -0.3 is 19.5 Å². The summed E-state index contributed by atoms with van der Waals surface area (Å²) in [4.78, 5) is 24.3. The van der Waals surface area contributed by atoms with Crippen molar-refractivity contribution in [3.05, 3.63) is 82.9 Å². The zero-order chi connectivity index (χ0) is 24.3. The largest absolute Gasteiger partial charge is 0.496 e. The molecule has 0 aliphatic carbocycles. The lowest BCUT2D eigenvalue weighted by Gasteiger charge is -2.12. The smallest absolute Gasteiger partial charge is 0.329 e. The standard InChI is InChI=1S/C25H24ClN3O5/c1-3-33-23-11-7-5-9-20(23)28-24(30)25(31)29-27-15-17-12-13-21(32-2)18(14-17)16-34-22-10-6-4-8-19(22)26/h4-15H,3,16H2,1-2H3,(H,28,30)(H,29,31)/b27-15+. The van der Waals surface area contributed by atoms with Gasteiger partial charge in [-0.1, -0.05) is 35.9 Å². The minimum Gasteiger partial charge on any atom is -0.496 e. The molecule has 0 radical (unpaired) electrons. The number of amides is 2. The van der Waals surface area contributed by atoms with E-state index < -0.39 is 11.8 Å². The Morgan fingerprint density at radius 1 is 0.941 bits per heavy atom. The molecule has 3 rings (SSSR count). The fraction of sp³-hybridized carbons (Fsp3) is 0.160. The van der Waals surface area contributed by atoms with E-state index in [-0.39, 0.29) is 6.61 Å². The van der Waals surface area contributed by atoms with Crippen molar-refractivity contribution < 1.29 is 23.8 Å². The molecule has 0 saturated heterocycles. The van der Waals surface area contributed by atoms with Crippen molar-refractivity contribution in [2.24, 2.45) is 5.10 Å². The van der Waals surface area contributed by atoms with Crippen LogP contribution in [-0.4, -0.2) is 31.7 Å². The van der Waals surface area contributed by atoms with E-state index in [9.17, 15) is 9.59 Å². The maximum Gasteiger partial charge on any atom is 0.329 e. The van der Waals surface area contributed by atoms with Crippen LogP contribution in [0.3, 0.4) is 0 Å². The highest BCUT2D eigenvalue weighted by Crippen LogP contribution is 2.27. The molecule has 0 fully saturated rings. The average Bonchev–Trinajstić information content (AvgIpc) is 2.85. The van der Waals surface area contributed by atoms with Gasteiger partial charge in [0.25, 0.3) is 0 Å². The predicted octanol–water partition coefficient (Wildman–Crippen LogP) is 4.42. The van der Waals surface area contributed by atoms with Crippen LogP contribution in [0.5, 0.6) is 17.2 Å². The lowest BCUT2D eigenvalue weighted by Crippen LogP contribution is -2.32. The Labute approximate surface area is 202 Å². The van der Waals surface area contributed by atoms with Crippen molar-refractivity contribution in [3.63, 3.8) is 0 Å². The van der Waals surface area contributed by atoms with E-state index >= 15 is 0 Å². The number of nitrogens with one attached hydrogen (secondary N) is 2. The number of ether oxygens (including phenoxy) is 3. The van der Waals surface area contributed by atoms with E-state index in [2.05, 4.69) is 15.8 Å².